The van der Waals surface area contributed by atoms with Gasteiger partial charge in [-0.3, -0.25) is 4.21 Å². The fraction of sp³-hybridized carbons (Fsp3) is 0.200. The third-order valence-electron chi connectivity index (χ3n) is 3.47. The van der Waals surface area contributed by atoms with Gasteiger partial charge in [0.2, 0.25) is 0 Å². The molecule has 0 aliphatic rings. The van der Waals surface area contributed by atoms with Crippen molar-refractivity contribution in [1.29, 1.82) is 0 Å². The third-order valence-corrected chi connectivity index (χ3v) is 4.45. The van der Waals surface area contributed by atoms with Crippen LogP contribution in [0.15, 0.2) is 41.4 Å². The standard InChI is InChI=1S/C15H12F3N3OS/c1-21-13(10-5-3-4-6-12(10)23(2)22)20-11-7-9(15(16,17)18)8-19-14(11)21/h3-8H,1-2H3. The Labute approximate surface area is 132 Å². The summed E-state index contributed by atoms with van der Waals surface area (Å²) < 4.78 is 51.9. The van der Waals surface area contributed by atoms with Crippen molar-refractivity contribution in [3.8, 4) is 11.4 Å². The Morgan fingerprint density at radius 1 is 1.22 bits per heavy atom. The molecule has 2 heterocycles. The van der Waals surface area contributed by atoms with Crippen molar-refractivity contribution in [3.05, 3.63) is 42.1 Å². The van der Waals surface area contributed by atoms with Crippen LogP contribution in [0.2, 0.25) is 0 Å². The molecule has 0 bridgehead atoms. The SMILES string of the molecule is Cn1c(-c2ccccc2S(C)=O)nc2cc(C(F)(F)F)cnc21. The van der Waals surface area contributed by atoms with E-state index in [2.05, 4.69) is 9.97 Å². The maximum absolute atomic E-state index is 12.8. The maximum atomic E-state index is 12.8. The summed E-state index contributed by atoms with van der Waals surface area (Å²) in [6.07, 6.45) is -2.14. The molecule has 2 aromatic heterocycles. The molecule has 120 valence electrons. The number of benzene rings is 1. The molecule has 0 amide bonds. The number of alkyl halides is 3. The van der Waals surface area contributed by atoms with Gasteiger partial charge in [0.15, 0.2) is 5.65 Å². The van der Waals surface area contributed by atoms with Gasteiger partial charge >= 0.3 is 6.18 Å². The van der Waals surface area contributed by atoms with Crippen molar-refractivity contribution in [2.75, 3.05) is 6.26 Å². The van der Waals surface area contributed by atoms with Gasteiger partial charge in [0.25, 0.3) is 0 Å². The van der Waals surface area contributed by atoms with Crippen LogP contribution in [-0.2, 0) is 24.0 Å². The average Bonchev–Trinajstić information content (AvgIpc) is 2.83. The topological polar surface area (TPSA) is 47.8 Å². The van der Waals surface area contributed by atoms with E-state index >= 15 is 0 Å². The molecule has 0 aliphatic carbocycles. The second kappa shape index (κ2) is 5.45. The third kappa shape index (κ3) is 2.74. The number of fused-ring (bicyclic) bond motifs is 1. The summed E-state index contributed by atoms with van der Waals surface area (Å²) in [7, 11) is 0.424. The summed E-state index contributed by atoms with van der Waals surface area (Å²) in [5.41, 5.74) is 0.253. The molecule has 0 saturated carbocycles. The van der Waals surface area contributed by atoms with E-state index < -0.39 is 22.5 Å². The first-order valence-corrected chi connectivity index (χ1v) is 8.17. The molecule has 1 aromatic carbocycles. The summed E-state index contributed by atoms with van der Waals surface area (Å²) in [6.45, 7) is 0. The highest BCUT2D eigenvalue weighted by Crippen LogP contribution is 2.32. The summed E-state index contributed by atoms with van der Waals surface area (Å²) in [5.74, 6) is 0.428. The van der Waals surface area contributed by atoms with E-state index in [0.29, 0.717) is 21.9 Å². The van der Waals surface area contributed by atoms with Crippen LogP contribution in [0.1, 0.15) is 5.56 Å². The predicted molar refractivity (Wildman–Crippen MR) is 81.3 cm³/mol. The lowest BCUT2D eigenvalue weighted by Crippen LogP contribution is -2.05. The maximum Gasteiger partial charge on any atom is 0.417 e. The van der Waals surface area contributed by atoms with Gasteiger partial charge in [-0.05, 0) is 12.1 Å². The molecule has 1 atom stereocenters. The lowest BCUT2D eigenvalue weighted by atomic mass is 10.2. The van der Waals surface area contributed by atoms with Gasteiger partial charge in [-0.2, -0.15) is 13.2 Å². The molecule has 0 radical (unpaired) electrons. The zero-order chi connectivity index (χ0) is 16.8. The molecule has 0 saturated heterocycles. The number of aromatic nitrogens is 3. The second-order valence-electron chi connectivity index (χ2n) is 5.01. The van der Waals surface area contributed by atoms with Crippen molar-refractivity contribution < 1.29 is 17.4 Å². The number of hydrogen-bond donors (Lipinski definition) is 0. The van der Waals surface area contributed by atoms with Gasteiger partial charge in [-0.1, -0.05) is 18.2 Å². The minimum Gasteiger partial charge on any atom is -0.312 e. The normalized spacial score (nSPS) is 13.4. The average molecular weight is 339 g/mol. The van der Waals surface area contributed by atoms with Gasteiger partial charge in [-0.15, -0.1) is 0 Å². The van der Waals surface area contributed by atoms with Crippen LogP contribution in [0.5, 0.6) is 0 Å². The first kappa shape index (κ1) is 15.7. The number of rotatable bonds is 2. The predicted octanol–water partition coefficient (Wildman–Crippen LogP) is 3.39. The Morgan fingerprint density at radius 2 is 1.91 bits per heavy atom. The highest BCUT2D eigenvalue weighted by Gasteiger charge is 2.31. The summed E-state index contributed by atoms with van der Waals surface area (Å²) in [6, 6.07) is 7.93. The molecule has 8 heteroatoms. The van der Waals surface area contributed by atoms with Crippen molar-refractivity contribution in [3.63, 3.8) is 0 Å². The Balaban J connectivity index is 2.24. The van der Waals surface area contributed by atoms with E-state index in [1.807, 2.05) is 0 Å². The van der Waals surface area contributed by atoms with E-state index in [1.54, 1.807) is 42.1 Å². The summed E-state index contributed by atoms with van der Waals surface area (Å²) in [5, 5.41) is 0. The monoisotopic (exact) mass is 339 g/mol. The highest BCUT2D eigenvalue weighted by molar-refractivity contribution is 7.84. The molecule has 0 spiro atoms. The van der Waals surface area contributed by atoms with Crippen LogP contribution >= 0.6 is 0 Å². The summed E-state index contributed by atoms with van der Waals surface area (Å²) >= 11 is 0. The lowest BCUT2D eigenvalue weighted by Gasteiger charge is -2.07. The molecular formula is C15H12F3N3OS. The molecule has 0 aliphatic heterocycles. The first-order valence-electron chi connectivity index (χ1n) is 6.61. The Morgan fingerprint density at radius 3 is 2.57 bits per heavy atom. The Hall–Kier alpha value is -2.22. The van der Waals surface area contributed by atoms with Crippen LogP contribution in [0.4, 0.5) is 13.2 Å². The van der Waals surface area contributed by atoms with Crippen molar-refractivity contribution in [1.82, 2.24) is 14.5 Å². The molecule has 0 fully saturated rings. The molecule has 3 rings (SSSR count). The number of imidazole rings is 1. The number of hydrogen-bond acceptors (Lipinski definition) is 3. The van der Waals surface area contributed by atoms with E-state index in [-0.39, 0.29) is 5.52 Å². The van der Waals surface area contributed by atoms with Crippen LogP contribution in [0.25, 0.3) is 22.6 Å². The van der Waals surface area contributed by atoms with Crippen LogP contribution in [-0.4, -0.2) is 25.0 Å². The largest absolute Gasteiger partial charge is 0.417 e. The minimum atomic E-state index is -4.47. The fourth-order valence-electron chi connectivity index (χ4n) is 2.37. The van der Waals surface area contributed by atoms with E-state index in [0.717, 1.165) is 12.3 Å². The fourth-order valence-corrected chi connectivity index (χ4v) is 3.11. The second-order valence-corrected chi connectivity index (χ2v) is 6.36. The highest BCUT2D eigenvalue weighted by atomic mass is 32.2. The number of halogens is 3. The van der Waals surface area contributed by atoms with Gasteiger partial charge in [0.05, 0.1) is 16.4 Å². The van der Waals surface area contributed by atoms with Crippen molar-refractivity contribution in [2.45, 2.75) is 11.1 Å². The lowest BCUT2D eigenvalue weighted by molar-refractivity contribution is -0.137. The van der Waals surface area contributed by atoms with Crippen molar-refractivity contribution >= 4 is 22.0 Å². The molecule has 23 heavy (non-hydrogen) atoms. The quantitative estimate of drug-likeness (QED) is 0.719. The van der Waals surface area contributed by atoms with Crippen molar-refractivity contribution in [2.24, 2.45) is 7.05 Å². The zero-order valence-corrected chi connectivity index (χ0v) is 13.1. The van der Waals surface area contributed by atoms with E-state index in [4.69, 9.17) is 0 Å². The molecule has 1 unspecified atom stereocenters. The zero-order valence-electron chi connectivity index (χ0n) is 12.3. The molecule has 4 nitrogen and oxygen atoms in total. The van der Waals surface area contributed by atoms with Crippen LogP contribution in [0.3, 0.4) is 0 Å². The Kier molecular flexibility index (Phi) is 3.71. The van der Waals surface area contributed by atoms with E-state index in [1.165, 1.54) is 0 Å². The molecule has 0 N–H and O–H groups in total. The summed E-state index contributed by atoms with van der Waals surface area (Å²) in [4.78, 5) is 8.71. The van der Waals surface area contributed by atoms with Crippen LogP contribution in [0, 0.1) is 0 Å². The number of pyridine rings is 1. The van der Waals surface area contributed by atoms with Gasteiger partial charge < -0.3 is 4.57 Å². The van der Waals surface area contributed by atoms with E-state index in [9.17, 15) is 17.4 Å². The van der Waals surface area contributed by atoms with Gasteiger partial charge in [-0.25, -0.2) is 9.97 Å². The minimum absolute atomic E-state index is 0.147. The Bertz CT molecular complexity index is 918. The molecular weight excluding hydrogens is 327 g/mol. The van der Waals surface area contributed by atoms with Gasteiger partial charge in [0.1, 0.15) is 11.3 Å². The van der Waals surface area contributed by atoms with Gasteiger partial charge in [0, 0.05) is 30.0 Å². The smallest absolute Gasteiger partial charge is 0.312 e. The molecule has 3 aromatic rings. The van der Waals surface area contributed by atoms with Crippen LogP contribution < -0.4 is 0 Å². The number of aryl methyl sites for hydroxylation is 1. The first-order chi connectivity index (χ1) is 10.8. The number of nitrogens with zero attached hydrogens (tertiary/aromatic N) is 3.